The molecule has 0 aromatic heterocycles. The molecule has 2 heterocycles. The molecular formula is C28H56N2O25. The van der Waals surface area contributed by atoms with E-state index in [1.165, 1.54) is 0 Å². The van der Waals surface area contributed by atoms with Crippen molar-refractivity contribution in [1.82, 2.24) is 0 Å². The molecule has 2 fully saturated rings. The van der Waals surface area contributed by atoms with Gasteiger partial charge in [-0.2, -0.15) is 0 Å². The SMILES string of the molecule is CC(=O)O.CC(=O)O.CC(=O)O.CC(=O)O.CC(=O)O.CC(=O)O.CC(=O)O.CC(=O)O.N[C@@H]1[C@@H](O)[C@H](O[C@@H]2O[C@H](CO)[C@@H](O)[C@H](O)[C@H]2N)[C@@H](CO)O[C@H]1O. The Bertz CT molecular complexity index is 912. The number of carbonyl (C=O) groups is 8. The maximum Gasteiger partial charge on any atom is 0.300 e. The van der Waals surface area contributed by atoms with Crippen LogP contribution in [0.3, 0.4) is 0 Å². The molecule has 0 aromatic rings. The quantitative estimate of drug-likeness (QED) is 0.127. The summed E-state index contributed by atoms with van der Waals surface area (Å²) >= 11 is 0. The third-order valence-electron chi connectivity index (χ3n) is 4.14. The Kier molecular flexibility index (Phi) is 46.3. The van der Waals surface area contributed by atoms with E-state index in [1.54, 1.807) is 0 Å². The third-order valence-corrected chi connectivity index (χ3v) is 4.14. The summed E-state index contributed by atoms with van der Waals surface area (Å²) in [6.07, 6.45) is -10.5. The van der Waals surface area contributed by atoms with E-state index in [0.717, 1.165) is 55.4 Å². The average molecular weight is 821 g/mol. The zero-order valence-electron chi connectivity index (χ0n) is 31.1. The largest absolute Gasteiger partial charge is 0.481 e. The van der Waals surface area contributed by atoms with Crippen molar-refractivity contribution in [3.05, 3.63) is 0 Å². The zero-order chi connectivity index (χ0) is 45.9. The molecule has 2 rings (SSSR count). The summed E-state index contributed by atoms with van der Waals surface area (Å²) in [5.41, 5.74) is 11.3. The normalized spacial score (nSPS) is 25.2. The van der Waals surface area contributed by atoms with Crippen LogP contribution in [0.2, 0.25) is 0 Å². The molecule has 0 aromatic carbocycles. The second-order valence-corrected chi connectivity index (χ2v) is 9.85. The number of nitrogens with two attached hydrogens (primary N) is 2. The van der Waals surface area contributed by atoms with Crippen molar-refractivity contribution >= 4 is 47.8 Å². The molecule has 0 amide bonds. The Morgan fingerprint density at radius 2 is 0.709 bits per heavy atom. The molecule has 328 valence electrons. The number of rotatable bonds is 4. The lowest BCUT2D eigenvalue weighted by atomic mass is 9.95. The number of aliphatic carboxylic acids is 8. The van der Waals surface area contributed by atoms with E-state index in [4.69, 9.17) is 110 Å². The molecule has 0 radical (unpaired) electrons. The van der Waals surface area contributed by atoms with Gasteiger partial charge in [0.15, 0.2) is 12.6 Å². The van der Waals surface area contributed by atoms with Gasteiger partial charge in [-0.3, -0.25) is 38.4 Å². The lowest BCUT2D eigenvalue weighted by Crippen LogP contribution is -2.67. The lowest BCUT2D eigenvalue weighted by molar-refractivity contribution is -0.324. The summed E-state index contributed by atoms with van der Waals surface area (Å²) in [6.45, 7) is 7.50. The second kappa shape index (κ2) is 39.0. The van der Waals surface area contributed by atoms with Gasteiger partial charge in [0.2, 0.25) is 0 Å². The summed E-state index contributed by atoms with van der Waals surface area (Å²) in [5, 5.41) is 117. The first kappa shape index (κ1) is 65.2. The predicted molar refractivity (Wildman–Crippen MR) is 179 cm³/mol. The number of carboxylic acids is 8. The van der Waals surface area contributed by atoms with Crippen LogP contribution in [0, 0.1) is 0 Å². The fourth-order valence-electron chi connectivity index (χ4n) is 2.65. The Hall–Kier alpha value is -4.68. The van der Waals surface area contributed by atoms with Crippen molar-refractivity contribution in [2.45, 2.75) is 117 Å². The van der Waals surface area contributed by atoms with Gasteiger partial charge in [0.1, 0.15) is 36.6 Å². The van der Waals surface area contributed by atoms with Gasteiger partial charge in [-0.1, -0.05) is 0 Å². The maximum atomic E-state index is 10.1. The Balaban J connectivity index is -0.000000117. The van der Waals surface area contributed by atoms with Crippen molar-refractivity contribution in [2.75, 3.05) is 13.2 Å². The van der Waals surface area contributed by atoms with Gasteiger partial charge in [0.25, 0.3) is 47.8 Å². The Morgan fingerprint density at radius 3 is 0.945 bits per heavy atom. The van der Waals surface area contributed by atoms with Gasteiger partial charge in [0, 0.05) is 55.4 Å². The van der Waals surface area contributed by atoms with E-state index in [9.17, 15) is 25.5 Å². The lowest BCUT2D eigenvalue weighted by Gasteiger charge is -2.45. The predicted octanol–water partition coefficient (Wildman–Crippen LogP) is -4.74. The highest BCUT2D eigenvalue weighted by atomic mass is 16.7. The van der Waals surface area contributed by atoms with Crippen LogP contribution in [-0.4, -0.2) is 194 Å². The minimum Gasteiger partial charge on any atom is -0.481 e. The van der Waals surface area contributed by atoms with Crippen molar-refractivity contribution in [3.63, 3.8) is 0 Å². The average Bonchev–Trinajstić information content (AvgIpc) is 2.95. The van der Waals surface area contributed by atoms with E-state index in [-0.39, 0.29) is 0 Å². The van der Waals surface area contributed by atoms with Crippen LogP contribution >= 0.6 is 0 Å². The number of hydrogen-bond donors (Lipinski definition) is 16. The van der Waals surface area contributed by atoms with E-state index < -0.39 is 122 Å². The maximum absolute atomic E-state index is 10.1. The summed E-state index contributed by atoms with van der Waals surface area (Å²) in [5.74, 6) is -6.67. The van der Waals surface area contributed by atoms with Gasteiger partial charge < -0.3 is 97.2 Å². The Labute approximate surface area is 313 Å². The topological polar surface area (TPSA) is 500 Å². The monoisotopic (exact) mass is 820 g/mol. The first-order valence-corrected chi connectivity index (χ1v) is 14.7. The van der Waals surface area contributed by atoms with Crippen LogP contribution in [0.4, 0.5) is 0 Å². The number of carboxylic acid groups (broad SMARTS) is 8. The summed E-state index contributed by atoms with van der Waals surface area (Å²) in [6, 6.07) is -2.37. The molecule has 0 unspecified atom stereocenters. The molecule has 2 saturated heterocycles. The van der Waals surface area contributed by atoms with Crippen LogP contribution < -0.4 is 11.5 Å². The van der Waals surface area contributed by atoms with Gasteiger partial charge in [-0.15, -0.1) is 0 Å². The highest BCUT2D eigenvalue weighted by Gasteiger charge is 2.49. The van der Waals surface area contributed by atoms with Crippen molar-refractivity contribution in [1.29, 1.82) is 0 Å². The minimum atomic E-state index is -1.49. The zero-order valence-corrected chi connectivity index (χ0v) is 31.1. The second-order valence-electron chi connectivity index (χ2n) is 9.85. The number of aliphatic hydroxyl groups excluding tert-OH is 6. The Morgan fingerprint density at radius 1 is 0.455 bits per heavy atom. The van der Waals surface area contributed by atoms with Crippen LogP contribution in [0.5, 0.6) is 0 Å². The molecule has 0 aliphatic carbocycles. The van der Waals surface area contributed by atoms with Gasteiger partial charge in [-0.25, -0.2) is 0 Å². The molecule has 55 heavy (non-hydrogen) atoms. The fraction of sp³-hybridized carbons (Fsp3) is 0.714. The first-order chi connectivity index (χ1) is 24.7. The van der Waals surface area contributed by atoms with Crippen molar-refractivity contribution in [2.24, 2.45) is 11.5 Å². The highest BCUT2D eigenvalue weighted by molar-refractivity contribution is 5.64. The molecular weight excluding hydrogens is 764 g/mol. The first-order valence-electron chi connectivity index (χ1n) is 14.7. The summed E-state index contributed by atoms with van der Waals surface area (Å²) < 4.78 is 15.8. The molecule has 0 bridgehead atoms. The van der Waals surface area contributed by atoms with Crippen molar-refractivity contribution < 1.29 is 124 Å². The highest BCUT2D eigenvalue weighted by Crippen LogP contribution is 2.27. The molecule has 10 atom stereocenters. The van der Waals surface area contributed by atoms with E-state index >= 15 is 0 Å². The minimum absolute atomic E-state index is 0.581. The summed E-state index contributed by atoms with van der Waals surface area (Å²) in [7, 11) is 0. The van der Waals surface area contributed by atoms with Gasteiger partial charge in [-0.05, 0) is 0 Å². The standard InChI is InChI=1S/C12H24N2O9.8C2H4O2/c13-5-9(19)10(4(2-16)21-11(5)20)23-12-6(14)8(18)7(17)3(1-15)22-12;8*1-2(3)4/h3-12,15-20H,1-2,13-14H2;8*1H3,(H,3,4)/t3-,4-,5-,6-,7-,8-,9-,10-,11-,12+;;;;;;;;/m1......../s1. The van der Waals surface area contributed by atoms with E-state index in [1.807, 2.05) is 0 Å². The van der Waals surface area contributed by atoms with Crippen LogP contribution in [-0.2, 0) is 52.6 Å². The van der Waals surface area contributed by atoms with E-state index in [0.29, 0.717) is 0 Å². The molecule has 0 saturated carbocycles. The van der Waals surface area contributed by atoms with E-state index in [2.05, 4.69) is 0 Å². The summed E-state index contributed by atoms with van der Waals surface area (Å²) in [4.78, 5) is 72.0. The number of hydrogen-bond acceptors (Lipinski definition) is 19. The molecule has 27 heteroatoms. The molecule has 18 N–H and O–H groups in total. The molecule has 2 aliphatic rings. The van der Waals surface area contributed by atoms with Crippen LogP contribution in [0.15, 0.2) is 0 Å². The smallest absolute Gasteiger partial charge is 0.300 e. The van der Waals surface area contributed by atoms with Crippen molar-refractivity contribution in [3.8, 4) is 0 Å². The number of aliphatic hydroxyl groups is 6. The fourth-order valence-corrected chi connectivity index (χ4v) is 2.65. The van der Waals surface area contributed by atoms with Gasteiger partial charge >= 0.3 is 0 Å². The third kappa shape index (κ3) is 58.8. The van der Waals surface area contributed by atoms with Crippen LogP contribution in [0.25, 0.3) is 0 Å². The molecule has 27 nitrogen and oxygen atoms in total. The molecule has 2 aliphatic heterocycles. The van der Waals surface area contributed by atoms with Gasteiger partial charge in [0.05, 0.1) is 25.3 Å². The van der Waals surface area contributed by atoms with Crippen LogP contribution in [0.1, 0.15) is 55.4 Å². The molecule has 0 spiro atoms. The number of ether oxygens (including phenoxy) is 3.